The summed E-state index contributed by atoms with van der Waals surface area (Å²) in [6.07, 6.45) is 0.514. The summed E-state index contributed by atoms with van der Waals surface area (Å²) in [6, 6.07) is 12.4. The first-order chi connectivity index (χ1) is 12.5. The van der Waals surface area contributed by atoms with Crippen LogP contribution in [0.5, 0.6) is 5.75 Å². The van der Waals surface area contributed by atoms with Gasteiger partial charge in [-0.1, -0.05) is 23.7 Å². The van der Waals surface area contributed by atoms with Gasteiger partial charge in [-0.3, -0.25) is 9.59 Å². The Morgan fingerprint density at radius 2 is 2.04 bits per heavy atom. The van der Waals surface area contributed by atoms with Crippen molar-refractivity contribution in [1.29, 1.82) is 0 Å². The molecule has 1 aliphatic rings. The van der Waals surface area contributed by atoms with E-state index in [1.54, 1.807) is 24.3 Å². The van der Waals surface area contributed by atoms with Gasteiger partial charge in [-0.15, -0.1) is 0 Å². The van der Waals surface area contributed by atoms with E-state index in [-0.39, 0.29) is 30.4 Å². The van der Waals surface area contributed by atoms with Gasteiger partial charge in [0.15, 0.2) is 0 Å². The maximum absolute atomic E-state index is 12.5. The molecule has 2 amide bonds. The Morgan fingerprint density at radius 3 is 2.73 bits per heavy atom. The second-order valence-electron chi connectivity index (χ2n) is 5.89. The highest BCUT2D eigenvalue weighted by molar-refractivity contribution is 6.44. The quantitative estimate of drug-likeness (QED) is 0.889. The fraction of sp³-hybridized carbons (Fsp3) is 0.211. The zero-order valence-electron chi connectivity index (χ0n) is 14.5. The lowest BCUT2D eigenvalue weighted by molar-refractivity contribution is -0.118. The largest absolute Gasteiger partial charge is 0.495 e. The van der Waals surface area contributed by atoms with Crippen LogP contribution in [0.2, 0.25) is 5.02 Å². The van der Waals surface area contributed by atoms with E-state index < -0.39 is 0 Å². The van der Waals surface area contributed by atoms with Crippen LogP contribution >= 0.6 is 11.6 Å². The average molecular weight is 372 g/mol. The zero-order valence-corrected chi connectivity index (χ0v) is 15.2. The van der Waals surface area contributed by atoms with Crippen LogP contribution in [0, 0.1) is 6.92 Å². The van der Waals surface area contributed by atoms with Crippen LogP contribution < -0.4 is 15.1 Å². The third-order valence-corrected chi connectivity index (χ3v) is 4.25. The fourth-order valence-corrected chi connectivity index (χ4v) is 2.88. The summed E-state index contributed by atoms with van der Waals surface area (Å²) in [6.45, 7) is 1.93. The molecule has 0 fully saturated rings. The highest BCUT2D eigenvalue weighted by atomic mass is 35.5. The summed E-state index contributed by atoms with van der Waals surface area (Å²) in [5, 5.41) is 8.69. The van der Waals surface area contributed by atoms with Crippen LogP contribution in [0.3, 0.4) is 0 Å². The van der Waals surface area contributed by atoms with E-state index in [9.17, 15) is 9.59 Å². The molecule has 0 aromatic heterocycles. The lowest BCUT2D eigenvalue weighted by atomic mass is 10.1. The standard InChI is InChI=1S/C19H18ClN3O3/c1-12-4-3-5-14(10-12)23-18(24)9-7-16(22-23)19(25)21-13-6-8-17(26-2)15(20)11-13/h3-6,8,10-11H,7,9H2,1-2H3,(H,21,25). The van der Waals surface area contributed by atoms with Crippen molar-refractivity contribution in [2.75, 3.05) is 17.4 Å². The third-order valence-electron chi connectivity index (χ3n) is 3.95. The number of hydrazone groups is 1. The molecule has 0 unspecified atom stereocenters. The molecule has 6 nitrogen and oxygen atoms in total. The number of carbonyl (C=O) groups excluding carboxylic acids is 2. The van der Waals surface area contributed by atoms with Gasteiger partial charge in [0.2, 0.25) is 5.91 Å². The molecular weight excluding hydrogens is 354 g/mol. The molecule has 3 rings (SSSR count). The fourth-order valence-electron chi connectivity index (χ4n) is 2.63. The molecule has 1 aliphatic heterocycles. The Morgan fingerprint density at radius 1 is 1.23 bits per heavy atom. The number of methoxy groups -OCH3 is 1. The first-order valence-corrected chi connectivity index (χ1v) is 8.47. The third kappa shape index (κ3) is 3.86. The Bertz CT molecular complexity index is 895. The molecule has 0 saturated heterocycles. The van der Waals surface area contributed by atoms with Gasteiger partial charge < -0.3 is 10.1 Å². The molecule has 134 valence electrons. The molecule has 7 heteroatoms. The van der Waals surface area contributed by atoms with Crippen LogP contribution in [0.4, 0.5) is 11.4 Å². The number of halogens is 1. The highest BCUT2D eigenvalue weighted by Gasteiger charge is 2.25. The number of aryl methyl sites for hydroxylation is 1. The molecular formula is C19H18ClN3O3. The summed E-state index contributed by atoms with van der Waals surface area (Å²) < 4.78 is 5.09. The topological polar surface area (TPSA) is 71.0 Å². The van der Waals surface area contributed by atoms with Crippen molar-refractivity contribution in [2.24, 2.45) is 5.10 Å². The minimum atomic E-state index is -0.364. The van der Waals surface area contributed by atoms with E-state index in [0.29, 0.717) is 22.1 Å². The summed E-state index contributed by atoms with van der Waals surface area (Å²) in [4.78, 5) is 24.7. The maximum atomic E-state index is 12.5. The Balaban J connectivity index is 1.81. The smallest absolute Gasteiger partial charge is 0.271 e. The number of anilines is 2. The number of hydrogen-bond acceptors (Lipinski definition) is 4. The van der Waals surface area contributed by atoms with Gasteiger partial charge in [-0.2, -0.15) is 5.10 Å². The van der Waals surface area contributed by atoms with Crippen molar-refractivity contribution < 1.29 is 14.3 Å². The van der Waals surface area contributed by atoms with Gasteiger partial charge in [0.05, 0.1) is 17.8 Å². The number of nitrogens with one attached hydrogen (secondary N) is 1. The maximum Gasteiger partial charge on any atom is 0.271 e. The van der Waals surface area contributed by atoms with Crippen LogP contribution in [-0.2, 0) is 9.59 Å². The SMILES string of the molecule is COc1ccc(NC(=O)C2=NN(c3cccc(C)c3)C(=O)CC2)cc1Cl. The molecule has 0 radical (unpaired) electrons. The van der Waals surface area contributed by atoms with Gasteiger partial charge in [0.1, 0.15) is 11.5 Å². The minimum absolute atomic E-state index is 0.139. The minimum Gasteiger partial charge on any atom is -0.495 e. The Hall–Kier alpha value is -2.86. The molecule has 2 aromatic carbocycles. The van der Waals surface area contributed by atoms with E-state index in [2.05, 4.69) is 10.4 Å². The van der Waals surface area contributed by atoms with Gasteiger partial charge in [0, 0.05) is 18.5 Å². The second kappa shape index (κ2) is 7.58. The number of amides is 2. The Labute approximate surface area is 156 Å². The molecule has 0 spiro atoms. The van der Waals surface area contributed by atoms with Crippen molar-refractivity contribution in [2.45, 2.75) is 19.8 Å². The monoisotopic (exact) mass is 371 g/mol. The summed E-state index contributed by atoms with van der Waals surface area (Å²) in [5.41, 5.74) is 2.47. The molecule has 1 heterocycles. The van der Waals surface area contributed by atoms with E-state index in [4.69, 9.17) is 16.3 Å². The van der Waals surface area contributed by atoms with Crippen molar-refractivity contribution in [3.8, 4) is 5.75 Å². The molecule has 2 aromatic rings. The molecule has 0 aliphatic carbocycles. The number of carbonyl (C=O) groups is 2. The van der Waals surface area contributed by atoms with Crippen LogP contribution in [0.1, 0.15) is 18.4 Å². The normalized spacial score (nSPS) is 14.0. The average Bonchev–Trinajstić information content (AvgIpc) is 2.62. The van der Waals surface area contributed by atoms with E-state index >= 15 is 0 Å². The van der Waals surface area contributed by atoms with E-state index in [1.807, 2.05) is 25.1 Å². The number of ether oxygens (including phenoxy) is 1. The summed E-state index contributed by atoms with van der Waals surface area (Å²) >= 11 is 6.08. The first-order valence-electron chi connectivity index (χ1n) is 8.10. The van der Waals surface area contributed by atoms with Gasteiger partial charge in [-0.25, -0.2) is 5.01 Å². The van der Waals surface area contributed by atoms with Crippen LogP contribution in [-0.4, -0.2) is 24.6 Å². The number of nitrogens with zero attached hydrogens (tertiary/aromatic N) is 2. The van der Waals surface area contributed by atoms with E-state index in [1.165, 1.54) is 12.1 Å². The van der Waals surface area contributed by atoms with Crippen molar-refractivity contribution >= 4 is 40.5 Å². The molecule has 26 heavy (non-hydrogen) atoms. The summed E-state index contributed by atoms with van der Waals surface area (Å²) in [5.74, 6) is 0.0203. The zero-order chi connectivity index (χ0) is 18.7. The predicted molar refractivity (Wildman–Crippen MR) is 102 cm³/mol. The molecule has 0 bridgehead atoms. The lowest BCUT2D eigenvalue weighted by Gasteiger charge is -2.23. The number of benzene rings is 2. The lowest BCUT2D eigenvalue weighted by Crippen LogP contribution is -2.36. The Kier molecular flexibility index (Phi) is 5.23. The molecule has 0 saturated carbocycles. The second-order valence-corrected chi connectivity index (χ2v) is 6.30. The molecule has 0 atom stereocenters. The predicted octanol–water partition coefficient (Wildman–Crippen LogP) is 3.78. The molecule has 1 N–H and O–H groups in total. The highest BCUT2D eigenvalue weighted by Crippen LogP contribution is 2.27. The van der Waals surface area contributed by atoms with Crippen LogP contribution in [0.15, 0.2) is 47.6 Å². The van der Waals surface area contributed by atoms with Gasteiger partial charge in [-0.05, 0) is 42.8 Å². The van der Waals surface area contributed by atoms with Crippen LogP contribution in [0.25, 0.3) is 0 Å². The van der Waals surface area contributed by atoms with E-state index in [0.717, 1.165) is 5.56 Å². The van der Waals surface area contributed by atoms with Gasteiger partial charge in [0.25, 0.3) is 5.91 Å². The summed E-state index contributed by atoms with van der Waals surface area (Å²) in [7, 11) is 1.52. The number of rotatable bonds is 4. The number of hydrogen-bond donors (Lipinski definition) is 1. The van der Waals surface area contributed by atoms with Crippen molar-refractivity contribution in [3.63, 3.8) is 0 Å². The van der Waals surface area contributed by atoms with Crippen molar-refractivity contribution in [3.05, 3.63) is 53.1 Å². The van der Waals surface area contributed by atoms with Gasteiger partial charge >= 0.3 is 0 Å². The first kappa shape index (κ1) is 17.9. The van der Waals surface area contributed by atoms with Crippen molar-refractivity contribution in [1.82, 2.24) is 0 Å².